The van der Waals surface area contributed by atoms with Gasteiger partial charge < -0.3 is 4.74 Å². The molecule has 1 aromatic carbocycles. The number of ketones is 1. The highest BCUT2D eigenvalue weighted by Crippen LogP contribution is 2.35. The van der Waals surface area contributed by atoms with Crippen LogP contribution in [0.1, 0.15) is 42.6 Å². The summed E-state index contributed by atoms with van der Waals surface area (Å²) in [7, 11) is 0. The van der Waals surface area contributed by atoms with Crippen molar-refractivity contribution >= 4 is 5.78 Å². The first-order valence-electron chi connectivity index (χ1n) is 5.37. The smallest absolute Gasteiger partial charge is 0.170 e. The third kappa shape index (κ3) is 1.76. The Kier molecular flexibility index (Phi) is 2.29. The van der Waals surface area contributed by atoms with Crippen molar-refractivity contribution in [3.63, 3.8) is 0 Å². The zero-order valence-corrected chi connectivity index (χ0v) is 9.46. The predicted molar refractivity (Wildman–Crippen MR) is 59.5 cm³/mol. The molecule has 1 heterocycles. The number of rotatable bonds is 1. The molecule has 0 spiro atoms. The number of fused-ring (bicyclic) bond motifs is 1. The summed E-state index contributed by atoms with van der Waals surface area (Å²) in [5.41, 5.74) is 1.52. The van der Waals surface area contributed by atoms with Crippen LogP contribution in [-0.2, 0) is 0 Å². The third-order valence-electron chi connectivity index (χ3n) is 3.07. The van der Waals surface area contributed by atoms with Gasteiger partial charge in [0.25, 0.3) is 0 Å². The Hall–Kier alpha value is -1.31. The second-order valence-corrected chi connectivity index (χ2v) is 4.51. The monoisotopic (exact) mass is 204 g/mol. The van der Waals surface area contributed by atoms with Crippen molar-refractivity contribution in [3.05, 3.63) is 29.3 Å². The number of benzene rings is 1. The van der Waals surface area contributed by atoms with E-state index in [1.165, 1.54) is 0 Å². The van der Waals surface area contributed by atoms with Crippen molar-refractivity contribution in [1.82, 2.24) is 0 Å². The van der Waals surface area contributed by atoms with E-state index in [9.17, 15) is 4.79 Å². The lowest BCUT2D eigenvalue weighted by Gasteiger charge is -2.34. The average Bonchev–Trinajstić information content (AvgIpc) is 2.20. The van der Waals surface area contributed by atoms with E-state index in [4.69, 9.17) is 4.74 Å². The van der Waals surface area contributed by atoms with Crippen molar-refractivity contribution in [1.29, 1.82) is 0 Å². The van der Waals surface area contributed by atoms with Gasteiger partial charge in [-0.15, -0.1) is 0 Å². The Morgan fingerprint density at radius 3 is 2.87 bits per heavy atom. The maximum absolute atomic E-state index is 11.9. The standard InChI is InChI=1S/C13H16O2/c1-4-13(3)8-11(14)10-7-9(2)5-6-12(10)15-13/h5-7H,4,8H2,1-3H3. The summed E-state index contributed by atoms with van der Waals surface area (Å²) in [6.45, 7) is 6.03. The number of carbonyl (C=O) groups is 1. The van der Waals surface area contributed by atoms with Crippen LogP contribution in [0.2, 0.25) is 0 Å². The van der Waals surface area contributed by atoms with Crippen LogP contribution in [0.4, 0.5) is 0 Å². The molecule has 2 nitrogen and oxygen atoms in total. The summed E-state index contributed by atoms with van der Waals surface area (Å²) in [6.07, 6.45) is 1.34. The molecule has 1 unspecified atom stereocenters. The highest BCUT2D eigenvalue weighted by molar-refractivity contribution is 6.00. The molecule has 0 saturated heterocycles. The van der Waals surface area contributed by atoms with Crippen molar-refractivity contribution in [3.8, 4) is 5.75 Å². The van der Waals surface area contributed by atoms with Gasteiger partial charge in [-0.2, -0.15) is 0 Å². The third-order valence-corrected chi connectivity index (χ3v) is 3.07. The van der Waals surface area contributed by atoms with E-state index >= 15 is 0 Å². The molecule has 0 aromatic heterocycles. The summed E-state index contributed by atoms with van der Waals surface area (Å²) < 4.78 is 5.87. The number of Topliss-reactive ketones (excluding diaryl/α,β-unsaturated/α-hetero) is 1. The molecule has 80 valence electrons. The Balaban J connectivity index is 2.45. The van der Waals surface area contributed by atoms with E-state index in [2.05, 4.69) is 0 Å². The van der Waals surface area contributed by atoms with Crippen molar-refractivity contribution < 1.29 is 9.53 Å². The molecule has 0 fully saturated rings. The number of hydrogen-bond donors (Lipinski definition) is 0. The molecule has 0 N–H and O–H groups in total. The molecule has 2 heteroatoms. The van der Waals surface area contributed by atoms with Gasteiger partial charge in [0, 0.05) is 0 Å². The molecule has 0 bridgehead atoms. The lowest BCUT2D eigenvalue weighted by Crippen LogP contribution is -2.38. The van der Waals surface area contributed by atoms with E-state index in [1.54, 1.807) is 0 Å². The summed E-state index contributed by atoms with van der Waals surface area (Å²) in [6, 6.07) is 5.79. The maximum atomic E-state index is 11.9. The Morgan fingerprint density at radius 1 is 1.47 bits per heavy atom. The minimum atomic E-state index is -0.320. The molecule has 1 atom stereocenters. The Morgan fingerprint density at radius 2 is 2.20 bits per heavy atom. The molecule has 0 saturated carbocycles. The maximum Gasteiger partial charge on any atom is 0.170 e. The van der Waals surface area contributed by atoms with E-state index < -0.39 is 0 Å². The highest BCUT2D eigenvalue weighted by atomic mass is 16.5. The number of aryl methyl sites for hydroxylation is 1. The fourth-order valence-electron chi connectivity index (χ4n) is 1.88. The molecule has 1 aliphatic heterocycles. The van der Waals surface area contributed by atoms with Gasteiger partial charge in [0.2, 0.25) is 0 Å². The summed E-state index contributed by atoms with van der Waals surface area (Å²) in [4.78, 5) is 11.9. The molecular weight excluding hydrogens is 188 g/mol. The first-order valence-corrected chi connectivity index (χ1v) is 5.37. The Labute approximate surface area is 90.3 Å². The van der Waals surface area contributed by atoms with E-state index in [-0.39, 0.29) is 11.4 Å². The van der Waals surface area contributed by atoms with Gasteiger partial charge >= 0.3 is 0 Å². The fourth-order valence-corrected chi connectivity index (χ4v) is 1.88. The van der Waals surface area contributed by atoms with Crippen LogP contribution in [0.5, 0.6) is 5.75 Å². The van der Waals surface area contributed by atoms with Crippen LogP contribution < -0.4 is 4.74 Å². The summed E-state index contributed by atoms with van der Waals surface area (Å²) in [5.74, 6) is 0.936. The lowest BCUT2D eigenvalue weighted by atomic mass is 9.89. The molecule has 1 aromatic rings. The van der Waals surface area contributed by atoms with E-state index in [1.807, 2.05) is 39.0 Å². The number of ether oxygens (including phenoxy) is 1. The van der Waals surface area contributed by atoms with Crippen molar-refractivity contribution in [2.24, 2.45) is 0 Å². The zero-order valence-electron chi connectivity index (χ0n) is 9.46. The van der Waals surface area contributed by atoms with E-state index in [0.717, 1.165) is 23.3 Å². The first-order chi connectivity index (χ1) is 7.04. The number of carbonyl (C=O) groups excluding carboxylic acids is 1. The van der Waals surface area contributed by atoms with Crippen LogP contribution in [0, 0.1) is 6.92 Å². The van der Waals surface area contributed by atoms with Crippen LogP contribution in [0.25, 0.3) is 0 Å². The fraction of sp³-hybridized carbons (Fsp3) is 0.462. The Bertz CT molecular complexity index is 409. The zero-order chi connectivity index (χ0) is 11.1. The van der Waals surface area contributed by atoms with Crippen molar-refractivity contribution in [2.75, 3.05) is 0 Å². The van der Waals surface area contributed by atoms with Gasteiger partial charge in [-0.05, 0) is 32.4 Å². The van der Waals surface area contributed by atoms with Crippen LogP contribution in [0.15, 0.2) is 18.2 Å². The van der Waals surface area contributed by atoms with Gasteiger partial charge in [-0.3, -0.25) is 4.79 Å². The quantitative estimate of drug-likeness (QED) is 0.702. The SMILES string of the molecule is CCC1(C)CC(=O)c2cc(C)ccc2O1. The highest BCUT2D eigenvalue weighted by Gasteiger charge is 2.34. The van der Waals surface area contributed by atoms with Crippen LogP contribution >= 0.6 is 0 Å². The molecule has 15 heavy (non-hydrogen) atoms. The molecule has 0 aliphatic carbocycles. The lowest BCUT2D eigenvalue weighted by molar-refractivity contribution is 0.0499. The second-order valence-electron chi connectivity index (χ2n) is 4.51. The van der Waals surface area contributed by atoms with Gasteiger partial charge in [0.1, 0.15) is 11.4 Å². The minimum absolute atomic E-state index is 0.198. The molecule has 0 radical (unpaired) electrons. The largest absolute Gasteiger partial charge is 0.486 e. The second kappa shape index (κ2) is 3.37. The van der Waals surface area contributed by atoms with Gasteiger partial charge in [-0.25, -0.2) is 0 Å². The molecular formula is C13H16O2. The first kappa shape index (κ1) is 10.2. The minimum Gasteiger partial charge on any atom is -0.486 e. The van der Waals surface area contributed by atoms with Crippen LogP contribution in [0.3, 0.4) is 0 Å². The predicted octanol–water partition coefficient (Wildman–Crippen LogP) is 3.13. The van der Waals surface area contributed by atoms with Crippen LogP contribution in [-0.4, -0.2) is 11.4 Å². The number of hydrogen-bond acceptors (Lipinski definition) is 2. The molecule has 0 amide bonds. The van der Waals surface area contributed by atoms with Gasteiger partial charge in [0.15, 0.2) is 5.78 Å². The average molecular weight is 204 g/mol. The van der Waals surface area contributed by atoms with Gasteiger partial charge in [-0.1, -0.05) is 18.6 Å². The van der Waals surface area contributed by atoms with E-state index in [0.29, 0.717) is 6.42 Å². The molecule has 1 aliphatic rings. The molecule has 2 rings (SSSR count). The normalized spacial score (nSPS) is 24.6. The van der Waals surface area contributed by atoms with Gasteiger partial charge in [0.05, 0.1) is 12.0 Å². The van der Waals surface area contributed by atoms with Crippen molar-refractivity contribution in [2.45, 2.75) is 39.2 Å². The summed E-state index contributed by atoms with van der Waals surface area (Å²) >= 11 is 0. The topological polar surface area (TPSA) is 26.3 Å². The summed E-state index contributed by atoms with van der Waals surface area (Å²) in [5, 5.41) is 0.